The highest BCUT2D eigenvalue weighted by molar-refractivity contribution is 6.29. The van der Waals surface area contributed by atoms with Gasteiger partial charge in [0.2, 0.25) is 5.91 Å². The van der Waals surface area contributed by atoms with Crippen LogP contribution < -0.4 is 5.32 Å². The minimum atomic E-state index is -0.837. The normalized spacial score (nSPS) is 15.8. The summed E-state index contributed by atoms with van der Waals surface area (Å²) < 4.78 is 13.3. The smallest absolute Gasteiger partial charge is 0.268 e. The Hall–Kier alpha value is -2.97. The van der Waals surface area contributed by atoms with E-state index in [1.54, 1.807) is 35.2 Å². The predicted molar refractivity (Wildman–Crippen MR) is 114 cm³/mol. The van der Waals surface area contributed by atoms with Gasteiger partial charge in [0.25, 0.3) is 5.91 Å². The van der Waals surface area contributed by atoms with Crippen molar-refractivity contribution in [3.8, 4) is 0 Å². The van der Waals surface area contributed by atoms with Crippen LogP contribution in [0.15, 0.2) is 42.5 Å². The molecule has 1 saturated heterocycles. The standard InChI is InChI=1S/C22H22ClFN4O3/c23-19-6-3-14-12-17(25-20(14)27-19)21(30)26-18(11-13-1-4-15(24)5-2-13)22(31)28-9-7-16(29)8-10-28/h1-6,12,16,18,29H,7-11H2,(H,25,27)(H,26,30)/t18-/m0/s1. The Labute approximate surface area is 183 Å². The number of amides is 2. The van der Waals surface area contributed by atoms with Crippen molar-refractivity contribution in [3.05, 3.63) is 64.7 Å². The molecular weight excluding hydrogens is 423 g/mol. The second kappa shape index (κ2) is 9.03. The maximum absolute atomic E-state index is 13.3. The van der Waals surface area contributed by atoms with Gasteiger partial charge in [-0.05, 0) is 48.7 Å². The molecule has 1 aliphatic heterocycles. The third-order valence-electron chi connectivity index (χ3n) is 5.42. The molecule has 162 valence electrons. The number of carbonyl (C=O) groups excluding carboxylic acids is 2. The molecule has 4 rings (SSSR count). The van der Waals surface area contributed by atoms with Gasteiger partial charge in [-0.25, -0.2) is 9.37 Å². The number of benzene rings is 1. The van der Waals surface area contributed by atoms with Gasteiger partial charge in [-0.1, -0.05) is 23.7 Å². The number of carbonyl (C=O) groups is 2. The molecule has 1 fully saturated rings. The van der Waals surface area contributed by atoms with E-state index in [1.165, 1.54) is 12.1 Å². The second-order valence-electron chi connectivity index (χ2n) is 7.67. The summed E-state index contributed by atoms with van der Waals surface area (Å²) in [6.45, 7) is 0.842. The Balaban J connectivity index is 1.55. The lowest BCUT2D eigenvalue weighted by molar-refractivity contribution is -0.135. The zero-order chi connectivity index (χ0) is 22.0. The summed E-state index contributed by atoms with van der Waals surface area (Å²) in [4.78, 5) is 34.8. The summed E-state index contributed by atoms with van der Waals surface area (Å²) in [7, 11) is 0. The molecule has 2 amide bonds. The van der Waals surface area contributed by atoms with Crippen LogP contribution in [0.5, 0.6) is 0 Å². The van der Waals surface area contributed by atoms with E-state index in [0.29, 0.717) is 36.7 Å². The van der Waals surface area contributed by atoms with Gasteiger partial charge in [0.1, 0.15) is 28.4 Å². The summed E-state index contributed by atoms with van der Waals surface area (Å²) >= 11 is 5.90. The highest BCUT2D eigenvalue weighted by Gasteiger charge is 2.29. The maximum atomic E-state index is 13.3. The molecule has 0 spiro atoms. The average Bonchev–Trinajstić information content (AvgIpc) is 3.18. The molecule has 3 heterocycles. The Morgan fingerprint density at radius 3 is 2.65 bits per heavy atom. The number of aromatic nitrogens is 2. The first-order valence-electron chi connectivity index (χ1n) is 10.1. The second-order valence-corrected chi connectivity index (χ2v) is 8.06. The lowest BCUT2D eigenvalue weighted by Gasteiger charge is -2.32. The molecule has 3 aromatic rings. The van der Waals surface area contributed by atoms with E-state index in [9.17, 15) is 19.1 Å². The Bertz CT molecular complexity index is 1090. The van der Waals surface area contributed by atoms with E-state index >= 15 is 0 Å². The van der Waals surface area contributed by atoms with Crippen molar-refractivity contribution in [1.29, 1.82) is 0 Å². The molecular formula is C22H22ClFN4O3. The SMILES string of the molecule is O=C(N[C@@H](Cc1ccc(F)cc1)C(=O)N1CCC(O)CC1)c1cc2ccc(Cl)nc2[nH]1. The van der Waals surface area contributed by atoms with Crippen molar-refractivity contribution in [1.82, 2.24) is 20.2 Å². The summed E-state index contributed by atoms with van der Waals surface area (Å²) in [5, 5.41) is 13.6. The van der Waals surface area contributed by atoms with Crippen LogP contribution in [0.25, 0.3) is 11.0 Å². The Kier molecular flexibility index (Phi) is 6.20. The van der Waals surface area contributed by atoms with E-state index in [-0.39, 0.29) is 23.8 Å². The minimum Gasteiger partial charge on any atom is -0.393 e. The number of H-pyrrole nitrogens is 1. The van der Waals surface area contributed by atoms with Gasteiger partial charge in [-0.2, -0.15) is 0 Å². The van der Waals surface area contributed by atoms with Gasteiger partial charge in [0.15, 0.2) is 0 Å². The van der Waals surface area contributed by atoms with Crippen molar-refractivity contribution in [3.63, 3.8) is 0 Å². The molecule has 9 heteroatoms. The van der Waals surface area contributed by atoms with Crippen LogP contribution in [0.1, 0.15) is 28.9 Å². The fraction of sp³-hybridized carbons (Fsp3) is 0.318. The first-order valence-corrected chi connectivity index (χ1v) is 10.4. The fourth-order valence-electron chi connectivity index (χ4n) is 3.70. The zero-order valence-corrected chi connectivity index (χ0v) is 17.4. The quantitative estimate of drug-likeness (QED) is 0.527. The first kappa shape index (κ1) is 21.3. The number of hydrogen-bond donors (Lipinski definition) is 3. The number of piperidine rings is 1. The van der Waals surface area contributed by atoms with Gasteiger partial charge in [-0.15, -0.1) is 0 Å². The summed E-state index contributed by atoms with van der Waals surface area (Å²) in [5.74, 6) is -1.06. The van der Waals surface area contributed by atoms with Crippen LogP contribution in [0.4, 0.5) is 4.39 Å². The number of pyridine rings is 1. The summed E-state index contributed by atoms with van der Waals surface area (Å²) in [6.07, 6.45) is 0.795. The van der Waals surface area contributed by atoms with Crippen molar-refractivity contribution in [2.45, 2.75) is 31.4 Å². The van der Waals surface area contributed by atoms with E-state index in [0.717, 1.165) is 10.9 Å². The van der Waals surface area contributed by atoms with Gasteiger partial charge >= 0.3 is 0 Å². The van der Waals surface area contributed by atoms with Crippen LogP contribution >= 0.6 is 11.6 Å². The number of nitrogens with one attached hydrogen (secondary N) is 2. The number of aliphatic hydroxyl groups is 1. The van der Waals surface area contributed by atoms with Gasteiger partial charge in [0.05, 0.1) is 6.10 Å². The third kappa shape index (κ3) is 5.03. The molecule has 0 radical (unpaired) electrons. The molecule has 1 aliphatic rings. The van der Waals surface area contributed by atoms with Crippen LogP contribution in [-0.4, -0.2) is 57.0 Å². The van der Waals surface area contributed by atoms with Crippen LogP contribution in [0, 0.1) is 5.82 Å². The average molecular weight is 445 g/mol. The molecule has 2 aromatic heterocycles. The maximum Gasteiger partial charge on any atom is 0.268 e. The molecule has 7 nitrogen and oxygen atoms in total. The summed E-state index contributed by atoms with van der Waals surface area (Å²) in [6, 6.07) is 10.0. The first-order chi connectivity index (χ1) is 14.9. The number of rotatable bonds is 5. The third-order valence-corrected chi connectivity index (χ3v) is 5.63. The lowest BCUT2D eigenvalue weighted by atomic mass is 10.0. The number of likely N-dealkylation sites (tertiary alicyclic amines) is 1. The molecule has 0 saturated carbocycles. The van der Waals surface area contributed by atoms with Crippen LogP contribution in [-0.2, 0) is 11.2 Å². The van der Waals surface area contributed by atoms with Crippen LogP contribution in [0.2, 0.25) is 5.15 Å². The highest BCUT2D eigenvalue weighted by atomic mass is 35.5. The van der Waals surface area contributed by atoms with E-state index < -0.39 is 18.1 Å². The topological polar surface area (TPSA) is 98.3 Å². The van der Waals surface area contributed by atoms with Gasteiger partial charge in [-0.3, -0.25) is 9.59 Å². The fourth-order valence-corrected chi connectivity index (χ4v) is 3.85. The number of aromatic amines is 1. The number of hydrogen-bond acceptors (Lipinski definition) is 4. The number of fused-ring (bicyclic) bond motifs is 1. The highest BCUT2D eigenvalue weighted by Crippen LogP contribution is 2.18. The number of nitrogens with zero attached hydrogens (tertiary/aromatic N) is 2. The Morgan fingerprint density at radius 2 is 1.94 bits per heavy atom. The van der Waals surface area contributed by atoms with E-state index in [4.69, 9.17) is 11.6 Å². The monoisotopic (exact) mass is 444 g/mol. The number of aliphatic hydroxyl groups excluding tert-OH is 1. The molecule has 0 aliphatic carbocycles. The van der Waals surface area contributed by atoms with Gasteiger partial charge < -0.3 is 20.3 Å². The van der Waals surface area contributed by atoms with E-state index in [2.05, 4.69) is 15.3 Å². The van der Waals surface area contributed by atoms with Crippen molar-refractivity contribution >= 4 is 34.4 Å². The van der Waals surface area contributed by atoms with Crippen molar-refractivity contribution in [2.24, 2.45) is 0 Å². The number of halogens is 2. The molecule has 31 heavy (non-hydrogen) atoms. The van der Waals surface area contributed by atoms with Crippen molar-refractivity contribution < 1.29 is 19.1 Å². The molecule has 1 atom stereocenters. The Morgan fingerprint density at radius 1 is 1.23 bits per heavy atom. The molecule has 1 aromatic carbocycles. The largest absolute Gasteiger partial charge is 0.393 e. The predicted octanol–water partition coefficient (Wildman–Crippen LogP) is 2.68. The lowest BCUT2D eigenvalue weighted by Crippen LogP contribution is -2.52. The van der Waals surface area contributed by atoms with Gasteiger partial charge in [0, 0.05) is 24.9 Å². The zero-order valence-electron chi connectivity index (χ0n) is 16.6. The molecule has 0 unspecified atom stereocenters. The minimum absolute atomic E-state index is 0.216. The van der Waals surface area contributed by atoms with Crippen LogP contribution in [0.3, 0.4) is 0 Å². The summed E-state index contributed by atoms with van der Waals surface area (Å²) in [5.41, 5.74) is 1.46. The molecule has 3 N–H and O–H groups in total. The van der Waals surface area contributed by atoms with E-state index in [1.807, 2.05) is 0 Å². The van der Waals surface area contributed by atoms with Crippen molar-refractivity contribution in [2.75, 3.05) is 13.1 Å². The molecule has 0 bridgehead atoms.